The summed E-state index contributed by atoms with van der Waals surface area (Å²) in [6.07, 6.45) is -2.28. The van der Waals surface area contributed by atoms with E-state index in [1.807, 2.05) is 38.1 Å². The highest BCUT2D eigenvalue weighted by Crippen LogP contribution is 2.35. The van der Waals surface area contributed by atoms with Gasteiger partial charge < -0.3 is 15.0 Å². The fourth-order valence-corrected chi connectivity index (χ4v) is 6.67. The van der Waals surface area contributed by atoms with Gasteiger partial charge in [-0.2, -0.15) is 4.99 Å². The Hall–Kier alpha value is -4.32. The number of rotatable bonds is 6. The molecule has 0 bridgehead atoms. The van der Waals surface area contributed by atoms with Crippen LogP contribution in [0.2, 0.25) is 0 Å². The van der Waals surface area contributed by atoms with Crippen molar-refractivity contribution in [2.24, 2.45) is 4.99 Å². The van der Waals surface area contributed by atoms with E-state index >= 15 is 0 Å². The number of halogens is 3. The summed E-state index contributed by atoms with van der Waals surface area (Å²) < 4.78 is 42.8. The van der Waals surface area contributed by atoms with Crippen molar-refractivity contribution < 1.29 is 22.7 Å². The molecule has 0 spiro atoms. The van der Waals surface area contributed by atoms with Crippen LogP contribution in [0.15, 0.2) is 72.0 Å². The predicted octanol–water partition coefficient (Wildman–Crippen LogP) is 8.09. The van der Waals surface area contributed by atoms with Gasteiger partial charge in [0.05, 0.1) is 11.2 Å². The summed E-state index contributed by atoms with van der Waals surface area (Å²) in [6, 6.07) is 17.0. The molecule has 4 aromatic rings. The van der Waals surface area contributed by atoms with E-state index in [-0.39, 0.29) is 11.8 Å². The molecule has 1 aromatic heterocycles. The summed E-state index contributed by atoms with van der Waals surface area (Å²) in [5.74, 6) is 1.01. The van der Waals surface area contributed by atoms with E-state index in [0.717, 1.165) is 40.1 Å². The maximum absolute atomic E-state index is 13.3. The van der Waals surface area contributed by atoms with Crippen LogP contribution in [0.4, 0.5) is 23.7 Å². The fourth-order valence-electron chi connectivity index (χ4n) is 5.47. The maximum Gasteiger partial charge on any atom is 0.573 e. The van der Waals surface area contributed by atoms with Crippen molar-refractivity contribution in [3.05, 3.63) is 89.2 Å². The van der Waals surface area contributed by atoms with Crippen molar-refractivity contribution in [3.63, 3.8) is 0 Å². The lowest BCUT2D eigenvalue weighted by atomic mass is 9.93. The number of nitrogens with one attached hydrogen (secondary N) is 1. The number of hydrogen-bond acceptors (Lipinski definition) is 5. The van der Waals surface area contributed by atoms with Gasteiger partial charge in [0.1, 0.15) is 12.1 Å². The number of hydrogen-bond donors (Lipinski definition) is 1. The van der Waals surface area contributed by atoms with Crippen LogP contribution in [0.1, 0.15) is 49.4 Å². The molecule has 1 atom stereocenters. The van der Waals surface area contributed by atoms with Crippen LogP contribution in [-0.2, 0) is 5.54 Å². The van der Waals surface area contributed by atoms with Crippen molar-refractivity contribution in [3.8, 4) is 22.8 Å². The zero-order chi connectivity index (χ0) is 32.5. The molecular formula is C33H35F3N6O2S. The number of benzene rings is 3. The molecule has 1 unspecified atom stereocenters. The Morgan fingerprint density at radius 1 is 1.02 bits per heavy atom. The topological polar surface area (TPSA) is 84.6 Å². The van der Waals surface area contributed by atoms with Crippen LogP contribution in [-0.4, -0.2) is 44.1 Å². The van der Waals surface area contributed by atoms with Gasteiger partial charge >= 0.3 is 12.4 Å². The van der Waals surface area contributed by atoms with Crippen LogP contribution < -0.4 is 15.0 Å². The first-order valence-corrected chi connectivity index (χ1v) is 15.5. The third kappa shape index (κ3) is 7.50. The SMILES string of the molecule is Cc1cc(C)c(N2/C(=N/C(=O)NC(C)(C)c3ccc(-c4ncn(-c5ccc(OC(F)(F)F)cc5)n4)cc3)SCCC2C)c(C)c1. The maximum atomic E-state index is 13.3. The van der Waals surface area contributed by atoms with Crippen LogP contribution >= 0.6 is 11.8 Å². The summed E-state index contributed by atoms with van der Waals surface area (Å²) in [7, 11) is 0. The second kappa shape index (κ2) is 12.6. The summed E-state index contributed by atoms with van der Waals surface area (Å²) in [6.45, 7) is 12.3. The van der Waals surface area contributed by atoms with E-state index in [0.29, 0.717) is 16.7 Å². The van der Waals surface area contributed by atoms with E-state index in [9.17, 15) is 18.0 Å². The average molecular weight is 637 g/mol. The number of thioether (sulfide) groups is 1. The average Bonchev–Trinajstić information content (AvgIpc) is 3.44. The molecule has 5 rings (SSSR count). The first kappa shape index (κ1) is 32.1. The number of aromatic nitrogens is 3. The van der Waals surface area contributed by atoms with Crippen molar-refractivity contribution in [2.75, 3.05) is 10.7 Å². The minimum absolute atomic E-state index is 0.207. The summed E-state index contributed by atoms with van der Waals surface area (Å²) in [4.78, 5) is 24.4. The molecular weight excluding hydrogens is 601 g/mol. The van der Waals surface area contributed by atoms with Gasteiger partial charge in [-0.05, 0) is 88.9 Å². The highest BCUT2D eigenvalue weighted by molar-refractivity contribution is 8.14. The number of urea groups is 1. The molecule has 2 amide bonds. The lowest BCUT2D eigenvalue weighted by Gasteiger charge is -2.37. The largest absolute Gasteiger partial charge is 0.573 e. The Balaban J connectivity index is 1.29. The number of amidine groups is 1. The third-order valence-corrected chi connectivity index (χ3v) is 8.58. The first-order valence-electron chi connectivity index (χ1n) is 14.5. The Bertz CT molecular complexity index is 1690. The molecule has 0 aliphatic carbocycles. The number of alkyl halides is 3. The molecule has 45 heavy (non-hydrogen) atoms. The fraction of sp³-hybridized carbons (Fsp3) is 0.333. The molecule has 1 fully saturated rings. The quantitative estimate of drug-likeness (QED) is 0.230. The zero-order valence-electron chi connectivity index (χ0n) is 25.9. The Morgan fingerprint density at radius 2 is 1.67 bits per heavy atom. The molecule has 0 radical (unpaired) electrons. The molecule has 1 N–H and O–H groups in total. The second-order valence-electron chi connectivity index (χ2n) is 11.7. The smallest absolute Gasteiger partial charge is 0.406 e. The second-order valence-corrected chi connectivity index (χ2v) is 12.7. The number of nitrogens with zero attached hydrogens (tertiary/aromatic N) is 5. The summed E-state index contributed by atoms with van der Waals surface area (Å²) in [5, 5.41) is 8.22. The molecule has 1 aliphatic rings. The van der Waals surface area contributed by atoms with Crippen molar-refractivity contribution in [1.29, 1.82) is 0 Å². The van der Waals surface area contributed by atoms with Crippen molar-refractivity contribution >= 4 is 28.6 Å². The Labute approximate surface area is 264 Å². The number of anilines is 1. The number of carbonyl (C=O) groups is 1. The van der Waals surface area contributed by atoms with E-state index < -0.39 is 17.9 Å². The van der Waals surface area contributed by atoms with E-state index in [4.69, 9.17) is 0 Å². The van der Waals surface area contributed by atoms with E-state index in [2.05, 4.69) is 69.9 Å². The molecule has 1 saturated heterocycles. The minimum atomic E-state index is -4.76. The lowest BCUT2D eigenvalue weighted by Crippen LogP contribution is -2.44. The van der Waals surface area contributed by atoms with E-state index in [1.165, 1.54) is 40.8 Å². The van der Waals surface area contributed by atoms with Crippen LogP contribution in [0.5, 0.6) is 5.75 Å². The standard InChI is InChI=1S/C33H35F3N6O2S/c1-20-17-21(2)28(22(3)18-20)42-23(4)15-16-45-31(42)38-30(43)39-32(5,6)25-9-7-24(8-10-25)29-37-19-41(40-29)26-11-13-27(14-12-26)44-33(34,35)36/h7-14,17-19,23H,15-16H2,1-6H3,(H,39,43)/b38-31-. The van der Waals surface area contributed by atoms with Gasteiger partial charge in [0.15, 0.2) is 11.0 Å². The molecule has 8 nitrogen and oxygen atoms in total. The van der Waals surface area contributed by atoms with Gasteiger partial charge in [-0.15, -0.1) is 18.3 Å². The first-order chi connectivity index (χ1) is 21.2. The number of amides is 2. The monoisotopic (exact) mass is 636 g/mol. The van der Waals surface area contributed by atoms with Crippen LogP contribution in [0.3, 0.4) is 0 Å². The van der Waals surface area contributed by atoms with Gasteiger partial charge in [-0.25, -0.2) is 14.5 Å². The van der Waals surface area contributed by atoms with E-state index in [1.54, 1.807) is 11.8 Å². The zero-order valence-corrected chi connectivity index (χ0v) is 26.8. The molecule has 2 heterocycles. The normalized spacial score (nSPS) is 16.6. The predicted molar refractivity (Wildman–Crippen MR) is 172 cm³/mol. The van der Waals surface area contributed by atoms with Crippen molar-refractivity contribution in [2.45, 2.75) is 65.9 Å². The molecule has 236 valence electrons. The van der Waals surface area contributed by atoms with Crippen LogP contribution in [0.25, 0.3) is 17.1 Å². The molecule has 12 heteroatoms. The summed E-state index contributed by atoms with van der Waals surface area (Å²) >= 11 is 1.59. The highest BCUT2D eigenvalue weighted by atomic mass is 32.2. The lowest BCUT2D eigenvalue weighted by molar-refractivity contribution is -0.274. The van der Waals surface area contributed by atoms with Crippen molar-refractivity contribution in [1.82, 2.24) is 20.1 Å². The highest BCUT2D eigenvalue weighted by Gasteiger charge is 2.31. The van der Waals surface area contributed by atoms with Crippen LogP contribution in [0, 0.1) is 20.8 Å². The number of aliphatic imine (C=N–C) groups is 1. The molecule has 0 saturated carbocycles. The number of ether oxygens (including phenoxy) is 1. The Morgan fingerprint density at radius 3 is 2.29 bits per heavy atom. The molecule has 1 aliphatic heterocycles. The number of carbonyl (C=O) groups excluding carboxylic acids is 1. The minimum Gasteiger partial charge on any atom is -0.406 e. The van der Waals surface area contributed by atoms with Gasteiger partial charge in [0, 0.05) is 23.0 Å². The summed E-state index contributed by atoms with van der Waals surface area (Å²) in [5.41, 5.74) is 6.03. The van der Waals surface area contributed by atoms with Gasteiger partial charge in [-0.1, -0.05) is 53.7 Å². The van der Waals surface area contributed by atoms with Gasteiger partial charge in [-0.3, -0.25) is 0 Å². The number of aryl methyl sites for hydroxylation is 3. The third-order valence-electron chi connectivity index (χ3n) is 7.60. The Kier molecular flexibility index (Phi) is 8.97. The molecule has 3 aromatic carbocycles. The van der Waals surface area contributed by atoms with Gasteiger partial charge in [0.2, 0.25) is 0 Å². The van der Waals surface area contributed by atoms with Gasteiger partial charge in [0.25, 0.3) is 0 Å².